The highest BCUT2D eigenvalue weighted by atomic mass is 16.5. The summed E-state index contributed by atoms with van der Waals surface area (Å²) in [6, 6.07) is 16.5. The minimum Gasteiger partial charge on any atom is -0.497 e. The Balaban J connectivity index is 1.41. The van der Waals surface area contributed by atoms with Crippen molar-refractivity contribution in [1.29, 1.82) is 0 Å². The number of likely N-dealkylation sites (tertiary alicyclic amines) is 1. The van der Waals surface area contributed by atoms with E-state index in [2.05, 4.69) is 46.4 Å². The molecule has 1 aliphatic rings. The van der Waals surface area contributed by atoms with Crippen LogP contribution in [0.2, 0.25) is 0 Å². The largest absolute Gasteiger partial charge is 0.497 e. The molecule has 0 unspecified atom stereocenters. The van der Waals surface area contributed by atoms with Gasteiger partial charge in [-0.05, 0) is 68.6 Å². The van der Waals surface area contributed by atoms with Crippen molar-refractivity contribution >= 4 is 11.6 Å². The fourth-order valence-electron chi connectivity index (χ4n) is 3.37. The van der Waals surface area contributed by atoms with E-state index in [9.17, 15) is 0 Å². The number of nitrogens with two attached hydrogens (primary N) is 1. The third kappa shape index (κ3) is 6.00. The van der Waals surface area contributed by atoms with Crippen molar-refractivity contribution in [3.05, 3.63) is 59.7 Å². The number of anilines is 1. The number of guanidine groups is 1. The van der Waals surface area contributed by atoms with Crippen LogP contribution in [0.4, 0.5) is 5.69 Å². The van der Waals surface area contributed by atoms with E-state index in [0.717, 1.165) is 37.6 Å². The fourth-order valence-corrected chi connectivity index (χ4v) is 3.37. The Kier molecular flexibility index (Phi) is 6.71. The lowest BCUT2D eigenvalue weighted by Gasteiger charge is -2.31. The number of piperidine rings is 1. The number of hydrogen-bond donors (Lipinski definition) is 2. The zero-order chi connectivity index (χ0) is 19.1. The van der Waals surface area contributed by atoms with E-state index in [-0.39, 0.29) is 0 Å². The Hall–Kier alpha value is -2.53. The number of aliphatic imine (C=N–C) groups is 1. The number of aryl methyl sites for hydroxylation is 1. The lowest BCUT2D eigenvalue weighted by Crippen LogP contribution is -2.34. The van der Waals surface area contributed by atoms with Gasteiger partial charge in [0, 0.05) is 18.8 Å². The van der Waals surface area contributed by atoms with E-state index in [0.29, 0.717) is 11.9 Å². The summed E-state index contributed by atoms with van der Waals surface area (Å²) in [7, 11) is 1.66. The molecule has 1 saturated heterocycles. The highest BCUT2D eigenvalue weighted by molar-refractivity contribution is 5.92. The number of methoxy groups -OCH3 is 1. The SMILES string of the molecule is COc1ccc(NC(N)=NCC2CCN(Cc3ccc(C)cc3)CC2)cc1. The first-order valence-corrected chi connectivity index (χ1v) is 9.61. The van der Waals surface area contributed by atoms with Gasteiger partial charge in [-0.3, -0.25) is 9.89 Å². The predicted molar refractivity (Wildman–Crippen MR) is 112 cm³/mol. The highest BCUT2D eigenvalue weighted by Gasteiger charge is 2.19. The van der Waals surface area contributed by atoms with Crippen LogP contribution in [0.5, 0.6) is 5.75 Å². The van der Waals surface area contributed by atoms with Crippen LogP contribution in [0.3, 0.4) is 0 Å². The average Bonchev–Trinajstić information content (AvgIpc) is 2.70. The molecule has 0 bridgehead atoms. The van der Waals surface area contributed by atoms with Gasteiger partial charge in [-0.1, -0.05) is 29.8 Å². The van der Waals surface area contributed by atoms with Gasteiger partial charge in [0.1, 0.15) is 5.75 Å². The molecular weight excluding hydrogens is 336 g/mol. The second-order valence-corrected chi connectivity index (χ2v) is 7.28. The number of nitrogens with one attached hydrogen (secondary N) is 1. The number of ether oxygens (including phenoxy) is 1. The van der Waals surface area contributed by atoms with Crippen molar-refractivity contribution in [3.8, 4) is 5.75 Å². The first-order valence-electron chi connectivity index (χ1n) is 9.61. The molecule has 144 valence electrons. The van der Waals surface area contributed by atoms with E-state index < -0.39 is 0 Å². The summed E-state index contributed by atoms with van der Waals surface area (Å²) in [5.41, 5.74) is 9.66. The van der Waals surface area contributed by atoms with Crippen LogP contribution in [0.25, 0.3) is 0 Å². The van der Waals surface area contributed by atoms with Gasteiger partial charge in [0.15, 0.2) is 5.96 Å². The van der Waals surface area contributed by atoms with Crippen LogP contribution in [-0.4, -0.2) is 37.6 Å². The molecule has 0 amide bonds. The summed E-state index contributed by atoms with van der Waals surface area (Å²) in [5, 5.41) is 3.14. The minimum atomic E-state index is 0.474. The minimum absolute atomic E-state index is 0.474. The van der Waals surface area contributed by atoms with Gasteiger partial charge in [-0.25, -0.2) is 0 Å². The maximum Gasteiger partial charge on any atom is 0.193 e. The highest BCUT2D eigenvalue weighted by Crippen LogP contribution is 2.20. The Bertz CT molecular complexity index is 732. The maximum absolute atomic E-state index is 6.03. The zero-order valence-corrected chi connectivity index (χ0v) is 16.3. The van der Waals surface area contributed by atoms with Gasteiger partial charge in [-0.15, -0.1) is 0 Å². The first-order chi connectivity index (χ1) is 13.1. The topological polar surface area (TPSA) is 62.9 Å². The van der Waals surface area contributed by atoms with E-state index >= 15 is 0 Å². The Morgan fingerprint density at radius 3 is 2.41 bits per heavy atom. The molecule has 3 N–H and O–H groups in total. The van der Waals surface area contributed by atoms with Crippen molar-refractivity contribution < 1.29 is 4.74 Å². The van der Waals surface area contributed by atoms with Crippen LogP contribution in [0.1, 0.15) is 24.0 Å². The second-order valence-electron chi connectivity index (χ2n) is 7.28. The van der Waals surface area contributed by atoms with Gasteiger partial charge >= 0.3 is 0 Å². The molecule has 1 heterocycles. The molecule has 5 nitrogen and oxygen atoms in total. The van der Waals surface area contributed by atoms with Crippen LogP contribution in [-0.2, 0) is 6.54 Å². The van der Waals surface area contributed by atoms with E-state index in [4.69, 9.17) is 10.5 Å². The summed E-state index contributed by atoms with van der Waals surface area (Å²) in [6.45, 7) is 6.20. The molecule has 2 aromatic rings. The normalized spacial score (nSPS) is 16.3. The molecular formula is C22H30N4O. The van der Waals surface area contributed by atoms with Crippen molar-refractivity contribution in [2.45, 2.75) is 26.3 Å². The Morgan fingerprint density at radius 1 is 1.11 bits per heavy atom. The third-order valence-electron chi connectivity index (χ3n) is 5.12. The van der Waals surface area contributed by atoms with Crippen LogP contribution in [0.15, 0.2) is 53.5 Å². The summed E-state index contributed by atoms with van der Waals surface area (Å²) in [6.07, 6.45) is 2.34. The van der Waals surface area contributed by atoms with E-state index in [1.54, 1.807) is 7.11 Å². The average molecular weight is 367 g/mol. The molecule has 3 rings (SSSR count). The van der Waals surface area contributed by atoms with Gasteiger partial charge < -0.3 is 15.8 Å². The molecule has 0 atom stereocenters. The lowest BCUT2D eigenvalue weighted by molar-refractivity contribution is 0.180. The molecule has 0 radical (unpaired) electrons. The van der Waals surface area contributed by atoms with Crippen molar-refractivity contribution in [2.24, 2.45) is 16.6 Å². The van der Waals surface area contributed by atoms with Crippen LogP contribution in [0, 0.1) is 12.8 Å². The summed E-state index contributed by atoms with van der Waals surface area (Å²) in [5.74, 6) is 1.91. The zero-order valence-electron chi connectivity index (χ0n) is 16.3. The van der Waals surface area contributed by atoms with Crippen molar-refractivity contribution in [3.63, 3.8) is 0 Å². The van der Waals surface area contributed by atoms with Gasteiger partial charge in [-0.2, -0.15) is 0 Å². The van der Waals surface area contributed by atoms with Gasteiger partial charge in [0.05, 0.1) is 7.11 Å². The van der Waals surface area contributed by atoms with Crippen LogP contribution >= 0.6 is 0 Å². The molecule has 0 aliphatic carbocycles. The summed E-state index contributed by atoms with van der Waals surface area (Å²) >= 11 is 0. The molecule has 2 aromatic carbocycles. The second kappa shape index (κ2) is 9.42. The smallest absolute Gasteiger partial charge is 0.193 e. The Labute approximate surface area is 162 Å². The number of nitrogens with zero attached hydrogens (tertiary/aromatic N) is 2. The van der Waals surface area contributed by atoms with Gasteiger partial charge in [0.25, 0.3) is 0 Å². The number of rotatable bonds is 6. The van der Waals surface area contributed by atoms with E-state index in [1.807, 2.05) is 24.3 Å². The molecule has 27 heavy (non-hydrogen) atoms. The lowest BCUT2D eigenvalue weighted by atomic mass is 9.96. The molecule has 0 spiro atoms. The molecule has 0 saturated carbocycles. The fraction of sp³-hybridized carbons (Fsp3) is 0.409. The van der Waals surface area contributed by atoms with Crippen LogP contribution < -0.4 is 15.8 Å². The molecule has 1 aliphatic heterocycles. The van der Waals surface area contributed by atoms with E-state index in [1.165, 1.54) is 24.0 Å². The third-order valence-corrected chi connectivity index (χ3v) is 5.12. The Morgan fingerprint density at radius 2 is 1.78 bits per heavy atom. The number of benzene rings is 2. The molecule has 5 heteroatoms. The quantitative estimate of drug-likeness (QED) is 0.605. The monoisotopic (exact) mass is 366 g/mol. The summed E-state index contributed by atoms with van der Waals surface area (Å²) < 4.78 is 5.16. The standard InChI is InChI=1S/C22H30N4O/c1-17-3-5-19(6-4-17)16-26-13-11-18(12-14-26)15-24-22(23)25-20-7-9-21(27-2)10-8-20/h3-10,18H,11-16H2,1-2H3,(H3,23,24,25). The molecule has 1 fully saturated rings. The molecule has 0 aromatic heterocycles. The first kappa shape index (κ1) is 19.2. The van der Waals surface area contributed by atoms with Crippen molar-refractivity contribution in [2.75, 3.05) is 32.1 Å². The van der Waals surface area contributed by atoms with Gasteiger partial charge in [0.2, 0.25) is 0 Å². The summed E-state index contributed by atoms with van der Waals surface area (Å²) in [4.78, 5) is 7.07. The van der Waals surface area contributed by atoms with Crippen molar-refractivity contribution in [1.82, 2.24) is 4.90 Å². The predicted octanol–water partition coefficient (Wildman–Crippen LogP) is 3.64. The maximum atomic E-state index is 6.03. The number of hydrogen-bond acceptors (Lipinski definition) is 3.